The van der Waals surface area contributed by atoms with Crippen LogP contribution in [0, 0.1) is 0 Å². The van der Waals surface area contributed by atoms with Crippen molar-refractivity contribution in [2.75, 3.05) is 7.11 Å². The van der Waals surface area contributed by atoms with E-state index in [0.29, 0.717) is 0 Å². The molecule has 0 saturated heterocycles. The maximum Gasteiger partial charge on any atom is 0.305 e. The van der Waals surface area contributed by atoms with E-state index in [1.807, 2.05) is 60.7 Å². The minimum Gasteiger partial charge on any atom is -0.469 e. The molecule has 0 bridgehead atoms. The van der Waals surface area contributed by atoms with Gasteiger partial charge in [0, 0.05) is 6.42 Å². The lowest BCUT2D eigenvalue weighted by molar-refractivity contribution is -0.141. The smallest absolute Gasteiger partial charge is 0.305 e. The maximum atomic E-state index is 11.4. The van der Waals surface area contributed by atoms with Crippen molar-refractivity contribution in [3.8, 4) is 0 Å². The number of carbonyl (C=O) groups excluding carboxylic acids is 1. The van der Waals surface area contributed by atoms with Crippen molar-refractivity contribution < 1.29 is 14.6 Å². The Labute approximate surface area is 118 Å². The first-order chi connectivity index (χ1) is 9.66. The third kappa shape index (κ3) is 3.06. The van der Waals surface area contributed by atoms with Gasteiger partial charge >= 0.3 is 5.97 Å². The molecule has 0 fully saturated rings. The lowest BCUT2D eigenvalue weighted by Gasteiger charge is -2.29. The number of carbonyl (C=O) groups is 1. The highest BCUT2D eigenvalue weighted by Crippen LogP contribution is 2.33. The quantitative estimate of drug-likeness (QED) is 0.850. The van der Waals surface area contributed by atoms with Crippen molar-refractivity contribution in [3.05, 3.63) is 71.8 Å². The van der Waals surface area contributed by atoms with Gasteiger partial charge in [0.1, 0.15) is 5.60 Å². The predicted molar refractivity (Wildman–Crippen MR) is 77.1 cm³/mol. The van der Waals surface area contributed by atoms with Gasteiger partial charge in [0.25, 0.3) is 0 Å². The molecular formula is C17H18O3. The summed E-state index contributed by atoms with van der Waals surface area (Å²) in [7, 11) is 1.35. The van der Waals surface area contributed by atoms with E-state index >= 15 is 0 Å². The van der Waals surface area contributed by atoms with Gasteiger partial charge in [-0.15, -0.1) is 0 Å². The molecule has 3 heteroatoms. The van der Waals surface area contributed by atoms with Gasteiger partial charge < -0.3 is 9.84 Å². The van der Waals surface area contributed by atoms with Crippen molar-refractivity contribution in [1.82, 2.24) is 0 Å². The number of esters is 1. The van der Waals surface area contributed by atoms with Crippen molar-refractivity contribution >= 4 is 5.97 Å². The van der Waals surface area contributed by atoms with Gasteiger partial charge in [0.2, 0.25) is 0 Å². The summed E-state index contributed by atoms with van der Waals surface area (Å²) in [5, 5.41) is 11.1. The van der Waals surface area contributed by atoms with Crippen molar-refractivity contribution in [2.45, 2.75) is 18.4 Å². The molecule has 1 N–H and O–H groups in total. The first kappa shape index (κ1) is 14.3. The molecule has 0 aromatic heterocycles. The van der Waals surface area contributed by atoms with Crippen LogP contribution in [-0.4, -0.2) is 18.2 Å². The number of benzene rings is 2. The second kappa shape index (κ2) is 6.35. The molecule has 0 aliphatic rings. The Morgan fingerprint density at radius 2 is 1.45 bits per heavy atom. The molecule has 0 radical (unpaired) electrons. The molecule has 20 heavy (non-hydrogen) atoms. The van der Waals surface area contributed by atoms with E-state index in [0.717, 1.165) is 11.1 Å². The highest BCUT2D eigenvalue weighted by atomic mass is 16.5. The summed E-state index contributed by atoms with van der Waals surface area (Å²) in [5.74, 6) is -0.324. The zero-order valence-corrected chi connectivity index (χ0v) is 11.5. The van der Waals surface area contributed by atoms with Crippen LogP contribution in [0.15, 0.2) is 60.7 Å². The van der Waals surface area contributed by atoms with E-state index < -0.39 is 5.60 Å². The Morgan fingerprint density at radius 1 is 1.00 bits per heavy atom. The Balaban J connectivity index is 2.36. The fourth-order valence-corrected chi connectivity index (χ4v) is 2.27. The summed E-state index contributed by atoms with van der Waals surface area (Å²) in [6.45, 7) is 0. The van der Waals surface area contributed by atoms with Gasteiger partial charge in [-0.05, 0) is 17.5 Å². The van der Waals surface area contributed by atoms with Gasteiger partial charge in [-0.3, -0.25) is 4.79 Å². The Bertz CT molecular complexity index is 509. The molecule has 0 heterocycles. The number of hydrogen-bond donors (Lipinski definition) is 1. The number of rotatable bonds is 5. The minimum atomic E-state index is -1.18. The van der Waals surface area contributed by atoms with Crippen LogP contribution in [0.2, 0.25) is 0 Å². The fraction of sp³-hybridized carbons (Fsp3) is 0.235. The molecule has 2 aromatic carbocycles. The molecule has 0 spiro atoms. The molecule has 2 aromatic rings. The van der Waals surface area contributed by atoms with E-state index in [9.17, 15) is 9.90 Å². The van der Waals surface area contributed by atoms with Crippen LogP contribution in [0.1, 0.15) is 24.0 Å². The van der Waals surface area contributed by atoms with Crippen LogP contribution in [0.4, 0.5) is 0 Å². The van der Waals surface area contributed by atoms with E-state index in [1.165, 1.54) is 7.11 Å². The van der Waals surface area contributed by atoms with Gasteiger partial charge in [-0.1, -0.05) is 60.7 Å². The van der Waals surface area contributed by atoms with Gasteiger partial charge in [0.15, 0.2) is 0 Å². The van der Waals surface area contributed by atoms with E-state index in [2.05, 4.69) is 4.74 Å². The van der Waals surface area contributed by atoms with E-state index in [1.54, 1.807) is 0 Å². The number of methoxy groups -OCH3 is 1. The molecule has 0 aliphatic heterocycles. The molecule has 0 atom stereocenters. The standard InChI is InChI=1S/C17H18O3/c1-20-16(18)12-13-17(19,14-8-4-2-5-9-14)15-10-6-3-7-11-15/h2-11,19H,12-13H2,1H3. The highest BCUT2D eigenvalue weighted by Gasteiger charge is 2.31. The van der Waals surface area contributed by atoms with Crippen molar-refractivity contribution in [2.24, 2.45) is 0 Å². The molecule has 0 unspecified atom stereocenters. The summed E-state index contributed by atoms with van der Waals surface area (Å²) in [5.41, 5.74) is 0.363. The third-order valence-electron chi connectivity index (χ3n) is 3.42. The molecule has 2 rings (SSSR count). The summed E-state index contributed by atoms with van der Waals surface area (Å²) in [6.07, 6.45) is 0.449. The van der Waals surface area contributed by atoms with Crippen LogP contribution < -0.4 is 0 Å². The van der Waals surface area contributed by atoms with Crippen LogP contribution in [0.25, 0.3) is 0 Å². The minimum absolute atomic E-state index is 0.163. The average molecular weight is 270 g/mol. The molecule has 3 nitrogen and oxygen atoms in total. The molecule has 104 valence electrons. The first-order valence-corrected chi connectivity index (χ1v) is 6.57. The maximum absolute atomic E-state index is 11.4. The predicted octanol–water partition coefficient (Wildman–Crippen LogP) is 2.88. The monoisotopic (exact) mass is 270 g/mol. The van der Waals surface area contributed by atoms with E-state index in [-0.39, 0.29) is 18.8 Å². The fourth-order valence-electron chi connectivity index (χ4n) is 2.27. The van der Waals surface area contributed by atoms with Gasteiger partial charge in [-0.25, -0.2) is 0 Å². The van der Waals surface area contributed by atoms with Crippen LogP contribution in [-0.2, 0) is 15.1 Å². The SMILES string of the molecule is COC(=O)CCC(O)(c1ccccc1)c1ccccc1. The Hall–Kier alpha value is -2.13. The largest absolute Gasteiger partial charge is 0.469 e. The molecule has 0 amide bonds. The van der Waals surface area contributed by atoms with Crippen molar-refractivity contribution in [3.63, 3.8) is 0 Å². The first-order valence-electron chi connectivity index (χ1n) is 6.57. The normalized spacial score (nSPS) is 11.1. The summed E-state index contributed by atoms with van der Waals surface area (Å²) < 4.78 is 4.67. The average Bonchev–Trinajstić information content (AvgIpc) is 2.54. The van der Waals surface area contributed by atoms with E-state index in [4.69, 9.17) is 0 Å². The second-order valence-corrected chi connectivity index (χ2v) is 4.67. The third-order valence-corrected chi connectivity index (χ3v) is 3.42. The highest BCUT2D eigenvalue weighted by molar-refractivity contribution is 5.69. The number of aliphatic hydroxyl groups is 1. The molecule has 0 aliphatic carbocycles. The topological polar surface area (TPSA) is 46.5 Å². The summed E-state index contributed by atoms with van der Waals surface area (Å²) in [4.78, 5) is 11.4. The van der Waals surface area contributed by atoms with Gasteiger partial charge in [-0.2, -0.15) is 0 Å². The van der Waals surface area contributed by atoms with Gasteiger partial charge in [0.05, 0.1) is 7.11 Å². The Kier molecular flexibility index (Phi) is 4.53. The molecule has 0 saturated carbocycles. The zero-order valence-electron chi connectivity index (χ0n) is 11.5. The van der Waals surface area contributed by atoms with Crippen LogP contribution in [0.5, 0.6) is 0 Å². The van der Waals surface area contributed by atoms with Crippen molar-refractivity contribution in [1.29, 1.82) is 0 Å². The number of hydrogen-bond acceptors (Lipinski definition) is 3. The lowest BCUT2D eigenvalue weighted by atomic mass is 9.82. The number of ether oxygens (including phenoxy) is 1. The van der Waals surface area contributed by atoms with Crippen LogP contribution >= 0.6 is 0 Å². The molecular weight excluding hydrogens is 252 g/mol. The summed E-state index contributed by atoms with van der Waals surface area (Å²) >= 11 is 0. The second-order valence-electron chi connectivity index (χ2n) is 4.67. The zero-order chi connectivity index (χ0) is 14.4. The Morgan fingerprint density at radius 3 is 1.85 bits per heavy atom. The summed E-state index contributed by atoms with van der Waals surface area (Å²) in [6, 6.07) is 18.8. The van der Waals surface area contributed by atoms with Crippen LogP contribution in [0.3, 0.4) is 0 Å². The lowest BCUT2D eigenvalue weighted by Crippen LogP contribution is -2.28.